The highest BCUT2D eigenvalue weighted by atomic mass is 32.2. The van der Waals surface area contributed by atoms with Crippen molar-refractivity contribution >= 4 is 33.7 Å². The van der Waals surface area contributed by atoms with Crippen LogP contribution in [0.2, 0.25) is 0 Å². The van der Waals surface area contributed by atoms with Crippen LogP contribution in [0.3, 0.4) is 0 Å². The van der Waals surface area contributed by atoms with Crippen molar-refractivity contribution in [2.75, 3.05) is 0 Å². The van der Waals surface area contributed by atoms with E-state index in [0.29, 0.717) is 0 Å². The zero-order valence-electron chi connectivity index (χ0n) is 10.2. The van der Waals surface area contributed by atoms with Crippen LogP contribution in [-0.4, -0.2) is 29.1 Å². The Kier molecular flexibility index (Phi) is 2.72. The smallest absolute Gasteiger partial charge is 0.201 e. The molecule has 1 N–H and O–H groups in total. The molecular formula is C12H9N5OS2. The van der Waals surface area contributed by atoms with Crippen molar-refractivity contribution in [2.45, 2.75) is 16.8 Å². The summed E-state index contributed by atoms with van der Waals surface area (Å²) in [4.78, 5) is 5.39. The van der Waals surface area contributed by atoms with Crippen LogP contribution in [0.4, 0.5) is 0 Å². The lowest BCUT2D eigenvalue weighted by atomic mass is 10.5. The first-order valence-corrected chi connectivity index (χ1v) is 7.59. The van der Waals surface area contributed by atoms with Gasteiger partial charge in [0.05, 0.1) is 12.3 Å². The molecule has 8 heteroatoms. The highest BCUT2D eigenvalue weighted by Gasteiger charge is 2.16. The second-order valence-corrected chi connectivity index (χ2v) is 5.92. The van der Waals surface area contributed by atoms with Gasteiger partial charge in [-0.2, -0.15) is 0 Å². The van der Waals surface area contributed by atoms with E-state index < -0.39 is 0 Å². The number of thiazole rings is 1. The Hall–Kier alpha value is -1.90. The molecule has 4 aromatic rings. The molecule has 4 rings (SSSR count). The number of imidazole rings is 1. The number of aliphatic hydroxyl groups is 1. The second kappa shape index (κ2) is 4.58. The molecule has 0 radical (unpaired) electrons. The zero-order chi connectivity index (χ0) is 13.5. The highest BCUT2D eigenvalue weighted by molar-refractivity contribution is 7.99. The Morgan fingerprint density at radius 3 is 3.05 bits per heavy atom. The van der Waals surface area contributed by atoms with Crippen LogP contribution in [0.1, 0.15) is 5.69 Å². The van der Waals surface area contributed by atoms with E-state index in [1.165, 1.54) is 23.1 Å². The summed E-state index contributed by atoms with van der Waals surface area (Å²) in [5.41, 5.74) is 1.57. The van der Waals surface area contributed by atoms with E-state index in [0.717, 1.165) is 26.5 Å². The van der Waals surface area contributed by atoms with E-state index >= 15 is 0 Å². The third-order valence-electron chi connectivity index (χ3n) is 2.94. The molecule has 0 bridgehead atoms. The molecule has 0 aliphatic heterocycles. The monoisotopic (exact) mass is 303 g/mol. The predicted octanol–water partition coefficient (Wildman–Crippen LogP) is 2.08. The van der Waals surface area contributed by atoms with E-state index in [4.69, 9.17) is 0 Å². The molecule has 0 saturated carbocycles. The molecule has 0 aliphatic carbocycles. The van der Waals surface area contributed by atoms with Gasteiger partial charge in [0, 0.05) is 17.8 Å². The van der Waals surface area contributed by atoms with E-state index in [1.807, 2.05) is 44.8 Å². The number of aromatic nitrogens is 5. The number of aliphatic hydroxyl groups excluding tert-OH is 1. The van der Waals surface area contributed by atoms with Crippen LogP contribution in [0, 0.1) is 0 Å². The molecular weight excluding hydrogens is 294 g/mol. The quantitative estimate of drug-likeness (QED) is 0.627. The van der Waals surface area contributed by atoms with Gasteiger partial charge in [-0.05, 0) is 23.9 Å². The first kappa shape index (κ1) is 11.9. The molecule has 0 fully saturated rings. The van der Waals surface area contributed by atoms with Gasteiger partial charge in [0.1, 0.15) is 5.03 Å². The lowest BCUT2D eigenvalue weighted by Crippen LogP contribution is -1.92. The summed E-state index contributed by atoms with van der Waals surface area (Å²) in [6, 6.07) is 5.75. The molecule has 0 spiro atoms. The maximum Gasteiger partial charge on any atom is 0.201 e. The normalized spacial score (nSPS) is 11.7. The summed E-state index contributed by atoms with van der Waals surface area (Å²) in [5.74, 6) is 0. The molecule has 0 aromatic carbocycles. The third kappa shape index (κ3) is 1.73. The molecule has 0 atom stereocenters. The van der Waals surface area contributed by atoms with Crippen LogP contribution in [-0.2, 0) is 6.61 Å². The molecule has 4 aromatic heterocycles. The van der Waals surface area contributed by atoms with Crippen LogP contribution < -0.4 is 0 Å². The largest absolute Gasteiger partial charge is 0.390 e. The maximum atomic E-state index is 9.55. The van der Waals surface area contributed by atoms with Crippen LogP contribution in [0.5, 0.6) is 0 Å². The minimum Gasteiger partial charge on any atom is -0.390 e. The molecule has 4 heterocycles. The number of fused-ring (bicyclic) bond motifs is 2. The van der Waals surface area contributed by atoms with Crippen molar-refractivity contribution in [1.82, 2.24) is 24.0 Å². The van der Waals surface area contributed by atoms with E-state index in [-0.39, 0.29) is 6.61 Å². The minimum absolute atomic E-state index is 0.0586. The fourth-order valence-corrected chi connectivity index (χ4v) is 3.72. The number of nitrogens with zero attached hydrogens (tertiary/aromatic N) is 5. The van der Waals surface area contributed by atoms with Gasteiger partial charge in [-0.15, -0.1) is 21.5 Å². The Balaban J connectivity index is 1.82. The van der Waals surface area contributed by atoms with Crippen molar-refractivity contribution < 1.29 is 5.11 Å². The van der Waals surface area contributed by atoms with Crippen LogP contribution >= 0.6 is 23.1 Å². The van der Waals surface area contributed by atoms with Gasteiger partial charge in [-0.3, -0.25) is 8.80 Å². The Morgan fingerprint density at radius 1 is 1.20 bits per heavy atom. The van der Waals surface area contributed by atoms with E-state index in [2.05, 4.69) is 15.2 Å². The molecule has 0 amide bonds. The predicted molar refractivity (Wildman–Crippen MR) is 76.1 cm³/mol. The van der Waals surface area contributed by atoms with E-state index in [9.17, 15) is 5.11 Å². The van der Waals surface area contributed by atoms with Gasteiger partial charge in [-0.25, -0.2) is 4.98 Å². The number of pyridine rings is 1. The van der Waals surface area contributed by atoms with Crippen LogP contribution in [0.15, 0.2) is 46.2 Å². The first-order chi connectivity index (χ1) is 9.86. The van der Waals surface area contributed by atoms with Gasteiger partial charge < -0.3 is 5.11 Å². The summed E-state index contributed by atoms with van der Waals surface area (Å²) < 4.78 is 3.80. The van der Waals surface area contributed by atoms with Crippen molar-refractivity contribution in [3.63, 3.8) is 0 Å². The Bertz CT molecular complexity index is 894. The van der Waals surface area contributed by atoms with Gasteiger partial charge in [0.15, 0.2) is 10.6 Å². The number of hydrogen-bond donors (Lipinski definition) is 1. The van der Waals surface area contributed by atoms with Gasteiger partial charge >= 0.3 is 0 Å². The van der Waals surface area contributed by atoms with Gasteiger partial charge in [0.2, 0.25) is 5.16 Å². The zero-order valence-corrected chi connectivity index (χ0v) is 11.8. The molecule has 100 valence electrons. The van der Waals surface area contributed by atoms with Crippen molar-refractivity contribution in [1.29, 1.82) is 0 Å². The second-order valence-electron chi connectivity index (χ2n) is 4.09. The lowest BCUT2D eigenvalue weighted by Gasteiger charge is -1.99. The van der Waals surface area contributed by atoms with Crippen molar-refractivity contribution in [3.05, 3.63) is 41.7 Å². The minimum atomic E-state index is -0.0586. The summed E-state index contributed by atoms with van der Waals surface area (Å²) in [6.45, 7) is -0.0586. The topological polar surface area (TPSA) is 67.7 Å². The van der Waals surface area contributed by atoms with Gasteiger partial charge in [0.25, 0.3) is 0 Å². The maximum absolute atomic E-state index is 9.55. The Labute approximate surface area is 121 Å². The molecule has 0 saturated heterocycles. The summed E-state index contributed by atoms with van der Waals surface area (Å²) in [7, 11) is 0. The number of rotatable bonds is 3. The molecule has 0 aliphatic rings. The molecule has 20 heavy (non-hydrogen) atoms. The Morgan fingerprint density at radius 2 is 2.15 bits per heavy atom. The summed E-state index contributed by atoms with van der Waals surface area (Å²) in [5, 5.41) is 21.3. The highest BCUT2D eigenvalue weighted by Crippen LogP contribution is 2.30. The lowest BCUT2D eigenvalue weighted by molar-refractivity contribution is 0.272. The van der Waals surface area contributed by atoms with Crippen molar-refractivity contribution in [3.8, 4) is 0 Å². The average Bonchev–Trinajstić information content (AvgIpc) is 3.14. The molecule has 6 nitrogen and oxygen atoms in total. The SMILES string of the molecule is OCc1c(Sc2nnc3ccccn23)nc2sccn12. The molecule has 0 unspecified atom stereocenters. The summed E-state index contributed by atoms with van der Waals surface area (Å²) >= 11 is 2.95. The third-order valence-corrected chi connectivity index (χ3v) is 4.68. The fourth-order valence-electron chi connectivity index (χ4n) is 2.01. The average molecular weight is 303 g/mol. The first-order valence-electron chi connectivity index (χ1n) is 5.90. The fraction of sp³-hybridized carbons (Fsp3) is 0.0833. The van der Waals surface area contributed by atoms with E-state index in [1.54, 1.807) is 0 Å². The van der Waals surface area contributed by atoms with Crippen LogP contribution in [0.25, 0.3) is 10.6 Å². The number of hydrogen-bond acceptors (Lipinski definition) is 6. The van der Waals surface area contributed by atoms with Gasteiger partial charge in [-0.1, -0.05) is 6.07 Å². The summed E-state index contributed by atoms with van der Waals surface area (Å²) in [6.07, 6.45) is 3.82. The van der Waals surface area contributed by atoms with Crippen molar-refractivity contribution in [2.24, 2.45) is 0 Å². The standard InChI is InChI=1S/C12H9N5OS2/c18-7-8-10(13-11-16(8)5-6-19-11)20-12-15-14-9-3-1-2-4-17(9)12/h1-6,18H,7H2.